The normalized spacial score (nSPS) is 19.9. The van der Waals surface area contributed by atoms with E-state index in [0.717, 1.165) is 31.4 Å². The molecule has 0 unspecified atom stereocenters. The average molecular weight is 399 g/mol. The number of unbranched alkanes of at least 4 members (excludes halogenated alkanes) is 7. The summed E-state index contributed by atoms with van der Waals surface area (Å²) in [7, 11) is 0. The monoisotopic (exact) mass is 398 g/mol. The lowest BCUT2D eigenvalue weighted by Crippen LogP contribution is -2.25. The van der Waals surface area contributed by atoms with E-state index in [2.05, 4.69) is 20.8 Å². The zero-order valence-corrected chi connectivity index (χ0v) is 18.8. The van der Waals surface area contributed by atoms with Crippen LogP contribution >= 0.6 is 11.8 Å². The third-order valence-electron chi connectivity index (χ3n) is 5.69. The lowest BCUT2D eigenvalue weighted by atomic mass is 9.84. The lowest BCUT2D eigenvalue weighted by Gasteiger charge is -2.34. The van der Waals surface area contributed by atoms with Crippen molar-refractivity contribution in [2.24, 2.45) is 0 Å². The van der Waals surface area contributed by atoms with Gasteiger partial charge in [0.2, 0.25) is 0 Å². The Kier molecular flexibility index (Phi) is 13.2. The molecule has 158 valence electrons. The first-order valence-corrected chi connectivity index (χ1v) is 12.0. The summed E-state index contributed by atoms with van der Waals surface area (Å²) in [6.07, 6.45) is 14.6. The van der Waals surface area contributed by atoms with Gasteiger partial charge in [0.05, 0.1) is 13.0 Å². The third-order valence-corrected chi connectivity index (χ3v) is 7.20. The Morgan fingerprint density at radius 3 is 2.11 bits per heavy atom. The first kappa shape index (κ1) is 24.6. The smallest absolute Gasteiger partial charge is 0.306 e. The molecular weight excluding hydrogens is 356 g/mol. The molecule has 0 saturated heterocycles. The molecule has 1 N–H and O–H groups in total. The molecule has 1 fully saturated rings. The second-order valence-corrected chi connectivity index (χ2v) is 10.1. The number of thioether (sulfide) groups is 1. The summed E-state index contributed by atoms with van der Waals surface area (Å²) < 4.78 is 5.71. The molecule has 1 saturated carbocycles. The summed E-state index contributed by atoms with van der Waals surface area (Å²) in [5.74, 6) is 0.851. The molecule has 0 aliphatic heterocycles. The topological polar surface area (TPSA) is 46.5 Å². The first-order valence-electron chi connectivity index (χ1n) is 11.0. The van der Waals surface area contributed by atoms with Crippen molar-refractivity contribution in [3.8, 4) is 0 Å². The molecule has 0 heterocycles. The van der Waals surface area contributed by atoms with Crippen LogP contribution in [0.1, 0.15) is 104 Å². The molecule has 4 heteroatoms. The minimum Gasteiger partial charge on any atom is -0.466 e. The van der Waals surface area contributed by atoms with Crippen LogP contribution in [0.15, 0.2) is 11.1 Å². The highest BCUT2D eigenvalue weighted by molar-refractivity contribution is 8.00. The van der Waals surface area contributed by atoms with Crippen LogP contribution in [0.3, 0.4) is 0 Å². The zero-order valence-electron chi connectivity index (χ0n) is 18.0. The van der Waals surface area contributed by atoms with Crippen molar-refractivity contribution in [1.29, 1.82) is 0 Å². The van der Waals surface area contributed by atoms with Gasteiger partial charge < -0.3 is 9.84 Å². The van der Waals surface area contributed by atoms with Gasteiger partial charge >= 0.3 is 5.97 Å². The van der Waals surface area contributed by atoms with E-state index in [1.807, 2.05) is 11.8 Å². The van der Waals surface area contributed by atoms with Crippen molar-refractivity contribution in [3.63, 3.8) is 0 Å². The molecule has 0 spiro atoms. The van der Waals surface area contributed by atoms with Gasteiger partial charge in [0.15, 0.2) is 0 Å². The van der Waals surface area contributed by atoms with Gasteiger partial charge in [-0.15, -0.1) is 0 Å². The van der Waals surface area contributed by atoms with Crippen LogP contribution in [0.2, 0.25) is 0 Å². The number of aliphatic hydroxyl groups excluding tert-OH is 1. The van der Waals surface area contributed by atoms with Crippen LogP contribution in [0.25, 0.3) is 0 Å². The highest BCUT2D eigenvalue weighted by Gasteiger charge is 2.29. The summed E-state index contributed by atoms with van der Waals surface area (Å²) in [6.45, 7) is 7.70. The third kappa shape index (κ3) is 11.8. The Balaban J connectivity index is 1.96. The Hall–Kier alpha value is -0.480. The minimum atomic E-state index is -0.0316. The van der Waals surface area contributed by atoms with E-state index in [1.54, 1.807) is 5.57 Å². The predicted molar refractivity (Wildman–Crippen MR) is 117 cm³/mol. The molecule has 1 aliphatic rings. The fourth-order valence-corrected chi connectivity index (χ4v) is 4.89. The Labute approximate surface area is 171 Å². The molecule has 0 amide bonds. The van der Waals surface area contributed by atoms with Gasteiger partial charge in [0.25, 0.3) is 0 Å². The maximum Gasteiger partial charge on any atom is 0.306 e. The molecule has 0 aromatic heterocycles. The maximum atomic E-state index is 11.9. The quantitative estimate of drug-likeness (QED) is 0.208. The number of aliphatic hydroxyl groups is 1. The van der Waals surface area contributed by atoms with Gasteiger partial charge in [-0.3, -0.25) is 4.79 Å². The Morgan fingerprint density at radius 2 is 1.56 bits per heavy atom. The number of hydrogen-bond acceptors (Lipinski definition) is 4. The van der Waals surface area contributed by atoms with E-state index in [1.165, 1.54) is 56.9 Å². The van der Waals surface area contributed by atoms with E-state index in [9.17, 15) is 4.79 Å². The number of rotatable bonds is 14. The van der Waals surface area contributed by atoms with Crippen molar-refractivity contribution in [3.05, 3.63) is 11.1 Å². The Morgan fingerprint density at radius 1 is 1.00 bits per heavy atom. The molecule has 3 nitrogen and oxygen atoms in total. The predicted octanol–water partition coefficient (Wildman–Crippen LogP) is 6.44. The van der Waals surface area contributed by atoms with Crippen LogP contribution in [-0.4, -0.2) is 34.8 Å². The van der Waals surface area contributed by atoms with Crippen LogP contribution in [0, 0.1) is 0 Å². The summed E-state index contributed by atoms with van der Waals surface area (Å²) in [4.78, 5) is 11.9. The average Bonchev–Trinajstić information content (AvgIpc) is 2.63. The maximum absolute atomic E-state index is 11.9. The fourth-order valence-electron chi connectivity index (χ4n) is 3.64. The fraction of sp³-hybridized carbons (Fsp3) is 0.870. The van der Waals surface area contributed by atoms with Crippen molar-refractivity contribution in [2.45, 2.75) is 109 Å². The molecule has 0 atom stereocenters. The van der Waals surface area contributed by atoms with E-state index < -0.39 is 0 Å². The number of allylic oxidation sites excluding steroid dienone is 2. The van der Waals surface area contributed by atoms with Crippen molar-refractivity contribution < 1.29 is 14.6 Å². The molecule has 1 rings (SSSR count). The number of esters is 1. The Bertz CT molecular complexity index is 431. The molecule has 27 heavy (non-hydrogen) atoms. The SMILES string of the molecule is CC(C)=C1CCC(C)(SCCC(=O)OCCCCCCCCCCO)CC1. The highest BCUT2D eigenvalue weighted by atomic mass is 32.2. The van der Waals surface area contributed by atoms with Crippen LogP contribution < -0.4 is 0 Å². The van der Waals surface area contributed by atoms with Crippen LogP contribution in [0.4, 0.5) is 0 Å². The van der Waals surface area contributed by atoms with Crippen molar-refractivity contribution in [1.82, 2.24) is 0 Å². The summed E-state index contributed by atoms with van der Waals surface area (Å²) in [5.41, 5.74) is 3.13. The van der Waals surface area contributed by atoms with Crippen LogP contribution in [-0.2, 0) is 9.53 Å². The van der Waals surface area contributed by atoms with E-state index in [-0.39, 0.29) is 5.97 Å². The molecule has 0 aromatic rings. The number of carbonyl (C=O) groups excluding carboxylic acids is 1. The first-order chi connectivity index (χ1) is 13.0. The van der Waals surface area contributed by atoms with Crippen LogP contribution in [0.5, 0.6) is 0 Å². The lowest BCUT2D eigenvalue weighted by molar-refractivity contribution is -0.143. The van der Waals surface area contributed by atoms with Gasteiger partial charge in [-0.1, -0.05) is 56.6 Å². The largest absolute Gasteiger partial charge is 0.466 e. The highest BCUT2D eigenvalue weighted by Crippen LogP contribution is 2.42. The van der Waals surface area contributed by atoms with Gasteiger partial charge in [0.1, 0.15) is 0 Å². The van der Waals surface area contributed by atoms with Gasteiger partial charge in [0, 0.05) is 17.1 Å². The molecular formula is C23H42O3S. The second-order valence-electron chi connectivity index (χ2n) is 8.42. The van der Waals surface area contributed by atoms with E-state index in [4.69, 9.17) is 9.84 Å². The number of carbonyl (C=O) groups is 1. The van der Waals surface area contributed by atoms with Crippen molar-refractivity contribution >= 4 is 17.7 Å². The number of hydrogen-bond donors (Lipinski definition) is 1. The molecule has 1 aliphatic carbocycles. The summed E-state index contributed by atoms with van der Waals surface area (Å²) in [5, 5.41) is 8.73. The number of ether oxygens (including phenoxy) is 1. The molecule has 0 aromatic carbocycles. The molecule has 0 radical (unpaired) electrons. The van der Waals surface area contributed by atoms with Gasteiger partial charge in [-0.25, -0.2) is 0 Å². The van der Waals surface area contributed by atoms with E-state index in [0.29, 0.717) is 24.4 Å². The summed E-state index contributed by atoms with van der Waals surface area (Å²) in [6, 6.07) is 0. The minimum absolute atomic E-state index is 0.0316. The zero-order chi connectivity index (χ0) is 20.0. The second kappa shape index (κ2) is 14.5. The van der Waals surface area contributed by atoms with Gasteiger partial charge in [-0.2, -0.15) is 11.8 Å². The summed E-state index contributed by atoms with van der Waals surface area (Å²) >= 11 is 1.96. The molecule has 0 bridgehead atoms. The van der Waals surface area contributed by atoms with Gasteiger partial charge in [-0.05, 0) is 52.4 Å². The van der Waals surface area contributed by atoms with E-state index >= 15 is 0 Å². The van der Waals surface area contributed by atoms with Crippen molar-refractivity contribution in [2.75, 3.05) is 19.0 Å². The standard InChI is InChI=1S/C23H42O3S/c1-20(2)21-12-15-23(3,16-13-21)27-19-14-22(25)26-18-11-9-7-5-4-6-8-10-17-24/h24H,4-19H2,1-3H3.